The standard InChI is InChI=1S/C24H31N5O/c1-28(17-19-7-6-8-22(25)15-19)13-4-5-14-29(2)18-21-16-20(9-10-24(21)30-3)23-11-12-26-27-23/h4-12,15-16H,13-14,17-18,25H2,1-3H3,(H,26,27)/b5-4+. The Labute approximate surface area is 179 Å². The van der Waals surface area contributed by atoms with Crippen molar-refractivity contribution in [3.05, 3.63) is 78.0 Å². The highest BCUT2D eigenvalue weighted by atomic mass is 16.5. The van der Waals surface area contributed by atoms with E-state index in [1.165, 1.54) is 5.56 Å². The van der Waals surface area contributed by atoms with Gasteiger partial charge in [-0.05, 0) is 56.1 Å². The van der Waals surface area contributed by atoms with E-state index in [1.807, 2.05) is 36.4 Å². The number of nitrogens with two attached hydrogens (primary N) is 1. The monoisotopic (exact) mass is 405 g/mol. The Morgan fingerprint density at radius 1 is 1.00 bits per heavy atom. The SMILES string of the molecule is COc1ccc(-c2ccn[nH]2)cc1CN(C)C/C=C/CN(C)Cc1cccc(N)c1. The molecule has 3 N–H and O–H groups in total. The zero-order valence-electron chi connectivity index (χ0n) is 18.0. The predicted octanol–water partition coefficient (Wildman–Crippen LogP) is 3.79. The molecule has 0 aliphatic rings. The third-order valence-electron chi connectivity index (χ3n) is 4.94. The van der Waals surface area contributed by atoms with Gasteiger partial charge in [0.2, 0.25) is 0 Å². The van der Waals surface area contributed by atoms with Crippen molar-refractivity contribution in [3.8, 4) is 17.0 Å². The van der Waals surface area contributed by atoms with Crippen LogP contribution >= 0.6 is 0 Å². The van der Waals surface area contributed by atoms with Crippen LogP contribution in [0.15, 0.2) is 66.9 Å². The number of anilines is 1. The second-order valence-corrected chi connectivity index (χ2v) is 7.61. The summed E-state index contributed by atoms with van der Waals surface area (Å²) >= 11 is 0. The molecule has 0 aliphatic carbocycles. The Hall–Kier alpha value is -3.09. The lowest BCUT2D eigenvalue weighted by Gasteiger charge is -2.18. The number of nitrogens with zero attached hydrogens (tertiary/aromatic N) is 3. The number of nitrogen functional groups attached to an aromatic ring is 1. The van der Waals surface area contributed by atoms with Crippen molar-refractivity contribution in [2.24, 2.45) is 0 Å². The van der Waals surface area contributed by atoms with E-state index in [-0.39, 0.29) is 0 Å². The fraction of sp³-hybridized carbons (Fsp3) is 0.292. The molecule has 6 heteroatoms. The summed E-state index contributed by atoms with van der Waals surface area (Å²) in [4.78, 5) is 4.53. The topological polar surface area (TPSA) is 70.4 Å². The Balaban J connectivity index is 1.51. The molecule has 0 fully saturated rings. The van der Waals surface area contributed by atoms with Crippen molar-refractivity contribution in [1.29, 1.82) is 0 Å². The van der Waals surface area contributed by atoms with Crippen molar-refractivity contribution in [3.63, 3.8) is 0 Å². The van der Waals surface area contributed by atoms with Crippen LogP contribution in [0.2, 0.25) is 0 Å². The minimum absolute atomic E-state index is 0.800. The van der Waals surface area contributed by atoms with Crippen molar-refractivity contribution >= 4 is 5.69 Å². The maximum absolute atomic E-state index is 5.86. The highest BCUT2D eigenvalue weighted by Gasteiger charge is 2.09. The van der Waals surface area contributed by atoms with E-state index in [2.05, 4.69) is 58.4 Å². The van der Waals surface area contributed by atoms with E-state index in [9.17, 15) is 0 Å². The summed E-state index contributed by atoms with van der Waals surface area (Å²) in [5.74, 6) is 0.899. The summed E-state index contributed by atoms with van der Waals surface area (Å²) in [5.41, 5.74) is 11.2. The number of methoxy groups -OCH3 is 1. The van der Waals surface area contributed by atoms with E-state index in [1.54, 1.807) is 13.3 Å². The van der Waals surface area contributed by atoms with Crippen LogP contribution in [0.4, 0.5) is 5.69 Å². The zero-order chi connectivity index (χ0) is 21.3. The Bertz CT molecular complexity index is 952. The van der Waals surface area contributed by atoms with Crippen molar-refractivity contribution < 1.29 is 4.74 Å². The molecule has 30 heavy (non-hydrogen) atoms. The van der Waals surface area contributed by atoms with Gasteiger partial charge in [-0.25, -0.2) is 0 Å². The molecule has 1 heterocycles. The van der Waals surface area contributed by atoms with Crippen LogP contribution in [0.3, 0.4) is 0 Å². The molecule has 0 bridgehead atoms. The first-order chi connectivity index (χ1) is 14.5. The van der Waals surface area contributed by atoms with Gasteiger partial charge in [0.15, 0.2) is 0 Å². The summed E-state index contributed by atoms with van der Waals surface area (Å²) in [6.07, 6.45) is 6.18. The summed E-state index contributed by atoms with van der Waals surface area (Å²) in [6.45, 7) is 3.43. The average Bonchev–Trinajstić information content (AvgIpc) is 3.26. The molecule has 0 radical (unpaired) electrons. The lowest BCUT2D eigenvalue weighted by molar-refractivity contribution is 0.343. The molecule has 2 aromatic carbocycles. The highest BCUT2D eigenvalue weighted by molar-refractivity contribution is 5.61. The third kappa shape index (κ3) is 6.20. The van der Waals surface area contributed by atoms with Gasteiger partial charge in [0, 0.05) is 49.2 Å². The molecule has 1 aromatic heterocycles. The summed E-state index contributed by atoms with van der Waals surface area (Å²) < 4.78 is 5.55. The number of likely N-dealkylation sites (N-methyl/N-ethyl adjacent to an activating group) is 2. The minimum atomic E-state index is 0.800. The molecule has 3 aromatic rings. The van der Waals surface area contributed by atoms with Gasteiger partial charge in [0.1, 0.15) is 5.75 Å². The van der Waals surface area contributed by atoms with Gasteiger partial charge in [0.25, 0.3) is 0 Å². The lowest BCUT2D eigenvalue weighted by Crippen LogP contribution is -2.20. The number of H-pyrrole nitrogens is 1. The summed E-state index contributed by atoms with van der Waals surface area (Å²) in [5, 5.41) is 7.06. The van der Waals surface area contributed by atoms with E-state index in [4.69, 9.17) is 10.5 Å². The molecule has 0 spiro atoms. The number of nitrogens with one attached hydrogen (secondary N) is 1. The van der Waals surface area contributed by atoms with E-state index < -0.39 is 0 Å². The third-order valence-corrected chi connectivity index (χ3v) is 4.94. The normalized spacial score (nSPS) is 11.6. The van der Waals surface area contributed by atoms with Crippen LogP contribution in [-0.2, 0) is 13.1 Å². The average molecular weight is 406 g/mol. The molecule has 0 saturated carbocycles. The molecule has 3 rings (SSSR count). The van der Waals surface area contributed by atoms with Gasteiger partial charge >= 0.3 is 0 Å². The van der Waals surface area contributed by atoms with Crippen LogP contribution < -0.4 is 10.5 Å². The van der Waals surface area contributed by atoms with E-state index >= 15 is 0 Å². The van der Waals surface area contributed by atoms with Gasteiger partial charge < -0.3 is 10.5 Å². The number of aromatic amines is 1. The molecule has 6 nitrogen and oxygen atoms in total. The largest absolute Gasteiger partial charge is 0.496 e. The number of benzene rings is 2. The maximum Gasteiger partial charge on any atom is 0.123 e. The van der Waals surface area contributed by atoms with Crippen LogP contribution in [0.5, 0.6) is 5.75 Å². The van der Waals surface area contributed by atoms with E-state index in [0.717, 1.165) is 54.4 Å². The molecular formula is C24H31N5O. The van der Waals surface area contributed by atoms with Crippen LogP contribution in [-0.4, -0.2) is 54.3 Å². The highest BCUT2D eigenvalue weighted by Crippen LogP contribution is 2.26. The minimum Gasteiger partial charge on any atom is -0.496 e. The molecule has 0 aliphatic heterocycles. The molecule has 0 amide bonds. The molecule has 0 atom stereocenters. The molecular weight excluding hydrogens is 374 g/mol. The van der Waals surface area contributed by atoms with E-state index in [0.29, 0.717) is 0 Å². The zero-order valence-corrected chi connectivity index (χ0v) is 18.0. The number of rotatable bonds is 10. The first-order valence-electron chi connectivity index (χ1n) is 10.1. The predicted molar refractivity (Wildman–Crippen MR) is 123 cm³/mol. The van der Waals surface area contributed by atoms with Crippen LogP contribution in [0, 0.1) is 0 Å². The summed E-state index contributed by atoms with van der Waals surface area (Å²) in [6, 6.07) is 16.2. The van der Waals surface area contributed by atoms with Crippen molar-refractivity contribution in [1.82, 2.24) is 20.0 Å². The number of hydrogen-bond donors (Lipinski definition) is 2. The van der Waals surface area contributed by atoms with Crippen molar-refractivity contribution in [2.75, 3.05) is 40.0 Å². The Morgan fingerprint density at radius 3 is 2.43 bits per heavy atom. The summed E-state index contributed by atoms with van der Waals surface area (Å²) in [7, 11) is 5.94. The fourth-order valence-electron chi connectivity index (χ4n) is 3.42. The number of aromatic nitrogens is 2. The second kappa shape index (κ2) is 10.6. The molecule has 0 unspecified atom stereocenters. The van der Waals surface area contributed by atoms with Gasteiger partial charge in [0.05, 0.1) is 12.8 Å². The Kier molecular flexibility index (Phi) is 7.65. The van der Waals surface area contributed by atoms with Gasteiger partial charge in [-0.3, -0.25) is 14.9 Å². The van der Waals surface area contributed by atoms with Gasteiger partial charge in [-0.2, -0.15) is 5.10 Å². The number of hydrogen-bond acceptors (Lipinski definition) is 5. The Morgan fingerprint density at radius 2 is 1.77 bits per heavy atom. The molecule has 158 valence electrons. The second-order valence-electron chi connectivity index (χ2n) is 7.61. The maximum atomic E-state index is 5.86. The molecule has 0 saturated heterocycles. The van der Waals surface area contributed by atoms with Gasteiger partial charge in [-0.1, -0.05) is 24.3 Å². The van der Waals surface area contributed by atoms with Crippen molar-refractivity contribution in [2.45, 2.75) is 13.1 Å². The van der Waals surface area contributed by atoms with Crippen LogP contribution in [0.25, 0.3) is 11.3 Å². The lowest BCUT2D eigenvalue weighted by atomic mass is 10.1. The van der Waals surface area contributed by atoms with Gasteiger partial charge in [-0.15, -0.1) is 0 Å². The van der Waals surface area contributed by atoms with Crippen LogP contribution in [0.1, 0.15) is 11.1 Å². The quantitative estimate of drug-likeness (QED) is 0.397. The first-order valence-corrected chi connectivity index (χ1v) is 10.1. The smallest absolute Gasteiger partial charge is 0.123 e. The first kappa shape index (κ1) is 21.6. The number of ether oxygens (including phenoxy) is 1. The fourth-order valence-corrected chi connectivity index (χ4v) is 3.42.